The number of anilines is 1. The van der Waals surface area contributed by atoms with E-state index >= 15 is 0 Å². The van der Waals surface area contributed by atoms with Crippen LogP contribution in [-0.2, 0) is 15.8 Å². The van der Waals surface area contributed by atoms with Crippen molar-refractivity contribution in [2.24, 2.45) is 11.7 Å². The van der Waals surface area contributed by atoms with Gasteiger partial charge in [-0.1, -0.05) is 19.9 Å². The molecule has 0 saturated carbocycles. The molecule has 2 heterocycles. The van der Waals surface area contributed by atoms with E-state index in [-0.39, 0.29) is 48.4 Å². The van der Waals surface area contributed by atoms with Crippen molar-refractivity contribution in [3.63, 3.8) is 0 Å². The molecular formula is C25H29F3N4O3. The minimum absolute atomic E-state index is 0.0602. The molecule has 0 fully saturated rings. The second-order valence-corrected chi connectivity index (χ2v) is 9.37. The number of alkyl halides is 3. The van der Waals surface area contributed by atoms with Crippen molar-refractivity contribution in [3.05, 3.63) is 53.9 Å². The van der Waals surface area contributed by atoms with Crippen LogP contribution in [0.5, 0.6) is 5.75 Å². The van der Waals surface area contributed by atoms with Crippen LogP contribution in [0.3, 0.4) is 0 Å². The third kappa shape index (κ3) is 7.29. The summed E-state index contributed by atoms with van der Waals surface area (Å²) in [5, 5.41) is 5.10. The number of amides is 2. The first kappa shape index (κ1) is 26.2. The van der Waals surface area contributed by atoms with Crippen molar-refractivity contribution in [1.82, 2.24) is 10.3 Å². The fourth-order valence-electron chi connectivity index (χ4n) is 3.91. The summed E-state index contributed by atoms with van der Waals surface area (Å²) in [6, 6.07) is 6.82. The van der Waals surface area contributed by atoms with Crippen molar-refractivity contribution in [1.29, 1.82) is 0 Å². The number of benzene rings is 1. The summed E-state index contributed by atoms with van der Waals surface area (Å²) in [5.74, 6) is -0.471. The zero-order valence-corrected chi connectivity index (χ0v) is 19.8. The number of nitrogens with two attached hydrogens (primary N) is 1. The third-order valence-corrected chi connectivity index (χ3v) is 5.37. The maximum atomic E-state index is 13.8. The van der Waals surface area contributed by atoms with E-state index in [4.69, 9.17) is 10.5 Å². The first-order valence-corrected chi connectivity index (χ1v) is 11.2. The van der Waals surface area contributed by atoms with E-state index in [0.717, 1.165) is 6.07 Å². The number of hydrogen-bond acceptors (Lipinski definition) is 5. The Hall–Kier alpha value is -3.40. The van der Waals surface area contributed by atoms with E-state index in [9.17, 15) is 22.8 Å². The largest absolute Gasteiger partial charge is 0.491 e. The molecule has 0 radical (unpaired) electrons. The van der Waals surface area contributed by atoms with E-state index in [1.807, 2.05) is 13.8 Å². The van der Waals surface area contributed by atoms with Gasteiger partial charge in [-0.15, -0.1) is 0 Å². The maximum absolute atomic E-state index is 13.8. The lowest BCUT2D eigenvalue weighted by atomic mass is 9.93. The van der Waals surface area contributed by atoms with Crippen LogP contribution in [0.2, 0.25) is 0 Å². The Morgan fingerprint density at radius 1 is 1.20 bits per heavy atom. The third-order valence-electron chi connectivity index (χ3n) is 5.37. The standard InChI is InChI=1S/C25H29F3N4O3/c1-15(2)12-24(3,29)14-35-20-6-4-16(10-19(20)25(26,27)28)17-8-9-30-21(11-17)32-23(34)18-5-7-22(33)31-13-18/h4,6,8-11,13,15H,5,7,12,14,29H2,1-3H3,(H,31,33)(H,30,32,34). The topological polar surface area (TPSA) is 106 Å². The summed E-state index contributed by atoms with van der Waals surface area (Å²) < 4.78 is 47.0. The number of halogens is 3. The van der Waals surface area contributed by atoms with Gasteiger partial charge in [0, 0.05) is 29.9 Å². The van der Waals surface area contributed by atoms with Crippen LogP contribution < -0.4 is 21.1 Å². The van der Waals surface area contributed by atoms with Crippen LogP contribution in [0.25, 0.3) is 11.1 Å². The molecule has 0 saturated heterocycles. The Morgan fingerprint density at radius 2 is 1.91 bits per heavy atom. The molecule has 2 aromatic rings. The molecule has 4 N–H and O–H groups in total. The summed E-state index contributed by atoms with van der Waals surface area (Å²) in [7, 11) is 0. The second-order valence-electron chi connectivity index (χ2n) is 9.37. The van der Waals surface area contributed by atoms with Crippen LogP contribution in [0, 0.1) is 5.92 Å². The van der Waals surface area contributed by atoms with Gasteiger partial charge in [0.1, 0.15) is 18.2 Å². The first-order valence-electron chi connectivity index (χ1n) is 11.2. The van der Waals surface area contributed by atoms with E-state index in [0.29, 0.717) is 17.6 Å². The van der Waals surface area contributed by atoms with Crippen molar-refractivity contribution < 1.29 is 27.5 Å². The predicted molar refractivity (Wildman–Crippen MR) is 126 cm³/mol. The van der Waals surface area contributed by atoms with E-state index in [2.05, 4.69) is 15.6 Å². The molecule has 1 aromatic carbocycles. The predicted octanol–water partition coefficient (Wildman–Crippen LogP) is 4.64. The van der Waals surface area contributed by atoms with Crippen molar-refractivity contribution in [2.75, 3.05) is 11.9 Å². The number of hydrogen-bond donors (Lipinski definition) is 3. The Balaban J connectivity index is 1.82. The zero-order chi connectivity index (χ0) is 25.8. The van der Waals surface area contributed by atoms with Gasteiger partial charge in [0.05, 0.1) is 5.56 Å². The Bertz CT molecular complexity index is 1130. The van der Waals surface area contributed by atoms with Crippen LogP contribution in [0.1, 0.15) is 45.6 Å². The lowest BCUT2D eigenvalue weighted by Crippen LogP contribution is -2.43. The van der Waals surface area contributed by atoms with Gasteiger partial charge in [0.2, 0.25) is 5.91 Å². The number of carbonyl (C=O) groups excluding carboxylic acids is 2. The Kier molecular flexibility index (Phi) is 7.84. The number of ether oxygens (including phenoxy) is 1. The highest BCUT2D eigenvalue weighted by Crippen LogP contribution is 2.39. The number of nitrogens with one attached hydrogen (secondary N) is 2. The fraction of sp³-hybridized carbons (Fsp3) is 0.400. The minimum atomic E-state index is -4.64. The monoisotopic (exact) mass is 490 g/mol. The SMILES string of the molecule is CC(C)CC(C)(N)COc1ccc(-c2ccnc(NC(=O)C3=CNC(=O)CC3)c2)cc1C(F)(F)F. The number of pyridine rings is 1. The van der Waals surface area contributed by atoms with Crippen LogP contribution in [-0.4, -0.2) is 28.9 Å². The molecule has 2 amide bonds. The highest BCUT2D eigenvalue weighted by molar-refractivity contribution is 6.04. The van der Waals surface area contributed by atoms with Gasteiger partial charge in [-0.3, -0.25) is 9.59 Å². The number of nitrogens with zero attached hydrogens (tertiary/aromatic N) is 1. The molecule has 3 rings (SSSR count). The lowest BCUT2D eigenvalue weighted by molar-refractivity contribution is -0.139. The van der Waals surface area contributed by atoms with Gasteiger partial charge in [-0.05, 0) is 61.1 Å². The first-order chi connectivity index (χ1) is 16.3. The number of rotatable bonds is 8. The molecule has 0 bridgehead atoms. The van der Waals surface area contributed by atoms with Crippen LogP contribution >= 0.6 is 0 Å². The molecule has 1 unspecified atom stereocenters. The summed E-state index contributed by atoms with van der Waals surface area (Å²) in [4.78, 5) is 27.8. The Labute approximate surface area is 201 Å². The summed E-state index contributed by atoms with van der Waals surface area (Å²) >= 11 is 0. The van der Waals surface area contributed by atoms with E-state index in [1.165, 1.54) is 30.6 Å². The molecule has 7 nitrogen and oxygen atoms in total. The van der Waals surface area contributed by atoms with Crippen LogP contribution in [0.15, 0.2) is 48.3 Å². The van der Waals surface area contributed by atoms with Crippen molar-refractivity contribution in [2.45, 2.75) is 51.7 Å². The van der Waals surface area contributed by atoms with Gasteiger partial charge >= 0.3 is 6.18 Å². The highest BCUT2D eigenvalue weighted by atomic mass is 19.4. The van der Waals surface area contributed by atoms with E-state index < -0.39 is 23.2 Å². The average molecular weight is 491 g/mol. The molecule has 35 heavy (non-hydrogen) atoms. The quantitative estimate of drug-likeness (QED) is 0.500. The maximum Gasteiger partial charge on any atom is 0.419 e. The van der Waals surface area contributed by atoms with Crippen LogP contribution in [0.4, 0.5) is 19.0 Å². The average Bonchev–Trinajstić information content (AvgIpc) is 2.77. The normalized spacial score (nSPS) is 15.8. The van der Waals surface area contributed by atoms with Gasteiger partial charge in [-0.25, -0.2) is 4.98 Å². The molecule has 1 aliphatic rings. The molecule has 1 atom stereocenters. The van der Waals surface area contributed by atoms with Gasteiger partial charge in [0.15, 0.2) is 0 Å². The van der Waals surface area contributed by atoms with Crippen molar-refractivity contribution in [3.8, 4) is 16.9 Å². The van der Waals surface area contributed by atoms with Gasteiger partial charge in [0.25, 0.3) is 5.91 Å². The highest BCUT2D eigenvalue weighted by Gasteiger charge is 2.35. The molecule has 0 aliphatic carbocycles. The van der Waals surface area contributed by atoms with Gasteiger partial charge < -0.3 is 21.1 Å². The van der Waals surface area contributed by atoms with Crippen molar-refractivity contribution >= 4 is 17.6 Å². The molecular weight excluding hydrogens is 461 g/mol. The number of carbonyl (C=O) groups is 2. The molecule has 0 spiro atoms. The molecule has 188 valence electrons. The molecule has 10 heteroatoms. The smallest absolute Gasteiger partial charge is 0.419 e. The van der Waals surface area contributed by atoms with E-state index in [1.54, 1.807) is 13.0 Å². The summed E-state index contributed by atoms with van der Waals surface area (Å²) in [5.41, 5.74) is 5.59. The Morgan fingerprint density at radius 3 is 2.54 bits per heavy atom. The lowest BCUT2D eigenvalue weighted by Gasteiger charge is -2.27. The fourth-order valence-corrected chi connectivity index (χ4v) is 3.91. The summed E-state index contributed by atoms with van der Waals surface area (Å²) in [6.45, 7) is 5.65. The minimum Gasteiger partial charge on any atom is -0.491 e. The molecule has 1 aliphatic heterocycles. The summed E-state index contributed by atoms with van der Waals surface area (Å²) in [6.07, 6.45) is -0.829. The molecule has 1 aromatic heterocycles. The zero-order valence-electron chi connectivity index (χ0n) is 19.8. The second kappa shape index (κ2) is 10.5. The van der Waals surface area contributed by atoms with Gasteiger partial charge in [-0.2, -0.15) is 13.2 Å². The number of aromatic nitrogens is 1.